The number of carbonyl (C=O) groups is 2. The highest BCUT2D eigenvalue weighted by atomic mass is 16.2. The van der Waals surface area contributed by atoms with Crippen LogP contribution in [-0.4, -0.2) is 40.8 Å². The number of aromatic nitrogens is 1. The van der Waals surface area contributed by atoms with E-state index in [1.807, 2.05) is 0 Å². The van der Waals surface area contributed by atoms with Gasteiger partial charge in [-0.1, -0.05) is 6.58 Å². The van der Waals surface area contributed by atoms with E-state index in [4.69, 9.17) is 5.73 Å². The van der Waals surface area contributed by atoms with Gasteiger partial charge in [0.2, 0.25) is 5.91 Å². The molecule has 1 aromatic heterocycles. The lowest BCUT2D eigenvalue weighted by Crippen LogP contribution is -2.44. The first kappa shape index (κ1) is 14.0. The molecule has 106 valence electrons. The second kappa shape index (κ2) is 6.18. The molecule has 2 amide bonds. The zero-order valence-electron chi connectivity index (χ0n) is 11.2. The number of piperidine rings is 1. The quantitative estimate of drug-likeness (QED) is 0.794. The molecule has 1 atom stereocenters. The summed E-state index contributed by atoms with van der Waals surface area (Å²) in [5.74, 6) is -0.586. The van der Waals surface area contributed by atoms with Crippen LogP contribution in [0, 0.1) is 0 Å². The highest BCUT2D eigenvalue weighted by Gasteiger charge is 2.23. The van der Waals surface area contributed by atoms with E-state index in [9.17, 15) is 9.59 Å². The van der Waals surface area contributed by atoms with Gasteiger partial charge < -0.3 is 16.0 Å². The normalized spacial score (nSPS) is 18.4. The van der Waals surface area contributed by atoms with Gasteiger partial charge in [-0.3, -0.25) is 14.6 Å². The summed E-state index contributed by atoms with van der Waals surface area (Å²) < 4.78 is 0. The highest BCUT2D eigenvalue weighted by molar-refractivity contribution is 5.98. The number of hydrogen-bond donors (Lipinski definition) is 2. The number of carbonyl (C=O) groups excluding carboxylic acids is 2. The van der Waals surface area contributed by atoms with Crippen molar-refractivity contribution in [1.29, 1.82) is 0 Å². The van der Waals surface area contributed by atoms with Gasteiger partial charge in [0.05, 0.1) is 11.3 Å². The van der Waals surface area contributed by atoms with E-state index < -0.39 is 5.91 Å². The first-order chi connectivity index (χ1) is 9.61. The molecule has 1 saturated heterocycles. The van der Waals surface area contributed by atoms with Crippen LogP contribution in [0.2, 0.25) is 0 Å². The van der Waals surface area contributed by atoms with E-state index in [2.05, 4.69) is 16.9 Å². The lowest BCUT2D eigenvalue weighted by Gasteiger charge is -2.33. The molecular weight excluding hydrogens is 256 g/mol. The fourth-order valence-corrected chi connectivity index (χ4v) is 2.36. The van der Waals surface area contributed by atoms with Crippen LogP contribution in [0.5, 0.6) is 0 Å². The Labute approximate surface area is 117 Å². The van der Waals surface area contributed by atoms with E-state index in [-0.39, 0.29) is 11.9 Å². The van der Waals surface area contributed by atoms with Crippen LogP contribution in [-0.2, 0) is 4.79 Å². The Bertz CT molecular complexity index is 530. The molecule has 0 aromatic carbocycles. The zero-order valence-corrected chi connectivity index (χ0v) is 11.2. The Morgan fingerprint density at radius 2 is 2.35 bits per heavy atom. The van der Waals surface area contributed by atoms with Crippen molar-refractivity contribution >= 4 is 17.5 Å². The second-order valence-electron chi connectivity index (χ2n) is 4.76. The molecule has 1 aliphatic rings. The smallest absolute Gasteiger partial charge is 0.252 e. The Balaban J connectivity index is 2.08. The number of nitrogens with two attached hydrogens (primary N) is 1. The van der Waals surface area contributed by atoms with E-state index in [1.54, 1.807) is 17.2 Å². The fourth-order valence-electron chi connectivity index (χ4n) is 2.36. The van der Waals surface area contributed by atoms with Crippen LogP contribution in [0.25, 0.3) is 0 Å². The van der Waals surface area contributed by atoms with E-state index in [0.29, 0.717) is 17.8 Å². The third-order valence-electron chi connectivity index (χ3n) is 3.35. The molecule has 2 heterocycles. The minimum atomic E-state index is -0.518. The summed E-state index contributed by atoms with van der Waals surface area (Å²) >= 11 is 0. The average molecular weight is 274 g/mol. The number of rotatable bonds is 4. The van der Waals surface area contributed by atoms with Gasteiger partial charge in [0.15, 0.2) is 0 Å². The maximum absolute atomic E-state index is 11.6. The molecule has 3 N–H and O–H groups in total. The zero-order chi connectivity index (χ0) is 14.5. The van der Waals surface area contributed by atoms with Gasteiger partial charge in [-0.15, -0.1) is 0 Å². The number of hydrogen-bond acceptors (Lipinski definition) is 4. The summed E-state index contributed by atoms with van der Waals surface area (Å²) in [6.07, 6.45) is 6.21. The summed E-state index contributed by atoms with van der Waals surface area (Å²) in [7, 11) is 0. The molecule has 1 aliphatic heterocycles. The van der Waals surface area contributed by atoms with Crippen molar-refractivity contribution in [1.82, 2.24) is 9.88 Å². The van der Waals surface area contributed by atoms with Gasteiger partial charge in [0.1, 0.15) is 0 Å². The molecular formula is C14H18N4O2. The van der Waals surface area contributed by atoms with Crippen LogP contribution < -0.4 is 11.1 Å². The first-order valence-electron chi connectivity index (χ1n) is 6.53. The molecule has 0 spiro atoms. The third-order valence-corrected chi connectivity index (χ3v) is 3.35. The van der Waals surface area contributed by atoms with Crippen molar-refractivity contribution < 1.29 is 9.59 Å². The number of nitrogens with zero attached hydrogens (tertiary/aromatic N) is 2. The van der Waals surface area contributed by atoms with Gasteiger partial charge in [0, 0.05) is 31.5 Å². The molecule has 20 heavy (non-hydrogen) atoms. The second-order valence-corrected chi connectivity index (χ2v) is 4.76. The molecule has 6 nitrogen and oxygen atoms in total. The summed E-state index contributed by atoms with van der Waals surface area (Å²) in [4.78, 5) is 28.6. The van der Waals surface area contributed by atoms with Crippen LogP contribution in [0.15, 0.2) is 31.1 Å². The van der Waals surface area contributed by atoms with Crippen molar-refractivity contribution in [3.8, 4) is 0 Å². The summed E-state index contributed by atoms with van der Waals surface area (Å²) in [6.45, 7) is 4.83. The topological polar surface area (TPSA) is 88.3 Å². The van der Waals surface area contributed by atoms with Crippen LogP contribution in [0.3, 0.4) is 0 Å². The van der Waals surface area contributed by atoms with Crippen molar-refractivity contribution in [2.24, 2.45) is 5.73 Å². The lowest BCUT2D eigenvalue weighted by molar-refractivity contribution is -0.127. The summed E-state index contributed by atoms with van der Waals surface area (Å²) in [5, 5.41) is 3.27. The maximum Gasteiger partial charge on any atom is 0.252 e. The Hall–Kier alpha value is -2.37. The van der Waals surface area contributed by atoms with Gasteiger partial charge in [-0.25, -0.2) is 0 Å². The first-order valence-corrected chi connectivity index (χ1v) is 6.53. The van der Waals surface area contributed by atoms with Gasteiger partial charge >= 0.3 is 0 Å². The standard InChI is InChI=1S/C14H18N4O2/c1-2-13(19)18-7-3-4-10(9-18)17-12-5-6-16-8-11(12)14(15)20/h2,5-6,8,10H,1,3-4,7,9H2,(H2,15,20)(H,16,17). The minimum absolute atomic E-state index is 0.0682. The van der Waals surface area contributed by atoms with Crippen LogP contribution >= 0.6 is 0 Å². The molecule has 0 bridgehead atoms. The SMILES string of the molecule is C=CC(=O)N1CCCC(Nc2ccncc2C(N)=O)C1. The largest absolute Gasteiger partial charge is 0.380 e. The van der Waals surface area contributed by atoms with E-state index in [1.165, 1.54) is 12.3 Å². The van der Waals surface area contributed by atoms with Gasteiger partial charge in [0.25, 0.3) is 5.91 Å². The average Bonchev–Trinajstić information content (AvgIpc) is 2.47. The molecule has 0 aliphatic carbocycles. The Kier molecular flexibility index (Phi) is 4.34. The molecule has 1 aromatic rings. The molecule has 1 fully saturated rings. The molecule has 6 heteroatoms. The molecule has 2 rings (SSSR count). The number of primary amides is 1. The predicted molar refractivity (Wildman–Crippen MR) is 76.2 cm³/mol. The van der Waals surface area contributed by atoms with Crippen LogP contribution in [0.1, 0.15) is 23.2 Å². The Morgan fingerprint density at radius 1 is 1.55 bits per heavy atom. The number of pyridine rings is 1. The number of nitrogens with one attached hydrogen (secondary N) is 1. The van der Waals surface area contributed by atoms with Crippen molar-refractivity contribution in [3.05, 3.63) is 36.7 Å². The number of likely N-dealkylation sites (tertiary alicyclic amines) is 1. The monoisotopic (exact) mass is 274 g/mol. The number of anilines is 1. The molecule has 1 unspecified atom stereocenters. The molecule has 0 saturated carbocycles. The predicted octanol–water partition coefficient (Wildman–Crippen LogP) is 0.769. The van der Waals surface area contributed by atoms with E-state index in [0.717, 1.165) is 19.4 Å². The van der Waals surface area contributed by atoms with E-state index >= 15 is 0 Å². The van der Waals surface area contributed by atoms with Crippen molar-refractivity contribution in [2.75, 3.05) is 18.4 Å². The lowest BCUT2D eigenvalue weighted by atomic mass is 10.0. The third kappa shape index (κ3) is 3.14. The fraction of sp³-hybridized carbons (Fsp3) is 0.357. The van der Waals surface area contributed by atoms with Crippen molar-refractivity contribution in [2.45, 2.75) is 18.9 Å². The highest BCUT2D eigenvalue weighted by Crippen LogP contribution is 2.19. The minimum Gasteiger partial charge on any atom is -0.380 e. The maximum atomic E-state index is 11.6. The van der Waals surface area contributed by atoms with Gasteiger partial charge in [-0.2, -0.15) is 0 Å². The number of amides is 2. The van der Waals surface area contributed by atoms with Crippen LogP contribution in [0.4, 0.5) is 5.69 Å². The van der Waals surface area contributed by atoms with Gasteiger partial charge in [-0.05, 0) is 25.0 Å². The summed E-state index contributed by atoms with van der Waals surface area (Å²) in [6, 6.07) is 1.81. The molecule has 0 radical (unpaired) electrons. The van der Waals surface area contributed by atoms with Crippen molar-refractivity contribution in [3.63, 3.8) is 0 Å². The Morgan fingerprint density at radius 3 is 3.05 bits per heavy atom. The summed E-state index contributed by atoms with van der Waals surface area (Å²) in [5.41, 5.74) is 6.34.